The SMILES string of the molecule is COc1ccc(C=C2C(=N)N3N=C(c4cccnc4)SC3=NC2=O)cc1Br. The zero-order valence-corrected chi connectivity index (χ0v) is 16.4. The van der Waals surface area contributed by atoms with E-state index in [1.54, 1.807) is 43.8 Å². The molecule has 0 aliphatic carbocycles. The lowest BCUT2D eigenvalue weighted by molar-refractivity contribution is -0.114. The smallest absolute Gasteiger partial charge is 0.283 e. The Labute approximate surface area is 167 Å². The van der Waals surface area contributed by atoms with Gasteiger partial charge in [0.05, 0.1) is 17.2 Å². The van der Waals surface area contributed by atoms with Crippen LogP contribution in [0.15, 0.2) is 62.9 Å². The number of fused-ring (bicyclic) bond motifs is 1. The summed E-state index contributed by atoms with van der Waals surface area (Å²) >= 11 is 4.66. The Kier molecular flexibility index (Phi) is 4.63. The Hall–Kier alpha value is -2.78. The van der Waals surface area contributed by atoms with Gasteiger partial charge >= 0.3 is 0 Å². The van der Waals surface area contributed by atoms with Gasteiger partial charge in [-0.15, -0.1) is 0 Å². The van der Waals surface area contributed by atoms with Crippen LogP contribution in [0.5, 0.6) is 5.75 Å². The minimum atomic E-state index is -0.465. The third-order valence-corrected chi connectivity index (χ3v) is 5.43. The average Bonchev–Trinajstić information content (AvgIpc) is 3.10. The molecule has 3 heterocycles. The number of hydrogen-bond acceptors (Lipinski definition) is 6. The molecule has 1 aromatic heterocycles. The summed E-state index contributed by atoms with van der Waals surface area (Å²) in [6.45, 7) is 0. The van der Waals surface area contributed by atoms with Crippen LogP contribution in [0.4, 0.5) is 0 Å². The van der Waals surface area contributed by atoms with Crippen molar-refractivity contribution in [3.8, 4) is 5.75 Å². The summed E-state index contributed by atoms with van der Waals surface area (Å²) in [7, 11) is 1.58. The number of rotatable bonds is 3. The lowest BCUT2D eigenvalue weighted by Crippen LogP contribution is -2.35. The fraction of sp³-hybridized carbons (Fsp3) is 0.0556. The largest absolute Gasteiger partial charge is 0.496 e. The summed E-state index contributed by atoms with van der Waals surface area (Å²) in [5, 5.41) is 15.2. The number of nitrogens with zero attached hydrogens (tertiary/aromatic N) is 4. The number of hydrogen-bond donors (Lipinski definition) is 1. The fourth-order valence-corrected chi connectivity index (χ4v) is 3.98. The maximum atomic E-state index is 12.5. The first kappa shape index (κ1) is 17.6. The molecule has 0 bridgehead atoms. The monoisotopic (exact) mass is 441 g/mol. The molecule has 0 spiro atoms. The van der Waals surface area contributed by atoms with Crippen LogP contribution in [0.1, 0.15) is 11.1 Å². The summed E-state index contributed by atoms with van der Waals surface area (Å²) in [4.78, 5) is 20.6. The van der Waals surface area contributed by atoms with E-state index in [1.807, 2.05) is 12.1 Å². The molecule has 0 saturated carbocycles. The van der Waals surface area contributed by atoms with E-state index < -0.39 is 5.91 Å². The van der Waals surface area contributed by atoms with Crippen LogP contribution in [0.2, 0.25) is 0 Å². The highest BCUT2D eigenvalue weighted by Crippen LogP contribution is 2.31. The number of nitrogens with one attached hydrogen (secondary N) is 1. The first-order chi connectivity index (χ1) is 13.1. The number of carbonyl (C=O) groups excluding carboxylic acids is 1. The molecule has 0 atom stereocenters. The summed E-state index contributed by atoms with van der Waals surface area (Å²) in [5.74, 6) is 0.209. The minimum Gasteiger partial charge on any atom is -0.496 e. The normalized spacial score (nSPS) is 17.7. The second-order valence-electron chi connectivity index (χ2n) is 5.56. The Morgan fingerprint density at radius 1 is 1.33 bits per heavy atom. The van der Waals surface area contributed by atoms with Crippen LogP contribution in [-0.4, -0.2) is 39.1 Å². The third kappa shape index (κ3) is 3.31. The minimum absolute atomic E-state index is 0.0108. The van der Waals surface area contributed by atoms with E-state index >= 15 is 0 Å². The number of amidine groups is 2. The predicted molar refractivity (Wildman–Crippen MR) is 109 cm³/mol. The van der Waals surface area contributed by atoms with Crippen molar-refractivity contribution in [1.82, 2.24) is 9.99 Å². The molecule has 0 unspecified atom stereocenters. The lowest BCUT2D eigenvalue weighted by Gasteiger charge is -2.20. The van der Waals surface area contributed by atoms with Crippen LogP contribution in [-0.2, 0) is 4.79 Å². The molecule has 134 valence electrons. The number of pyridine rings is 1. The highest BCUT2D eigenvalue weighted by Gasteiger charge is 2.36. The molecule has 1 N–H and O–H groups in total. The maximum absolute atomic E-state index is 12.5. The van der Waals surface area contributed by atoms with Crippen LogP contribution in [0, 0.1) is 5.41 Å². The van der Waals surface area contributed by atoms with Gasteiger partial charge in [-0.2, -0.15) is 15.1 Å². The number of methoxy groups -OCH3 is 1. The van der Waals surface area contributed by atoms with Gasteiger partial charge in [-0.3, -0.25) is 15.2 Å². The fourth-order valence-electron chi connectivity index (χ4n) is 2.54. The Morgan fingerprint density at radius 3 is 2.89 bits per heavy atom. The van der Waals surface area contributed by atoms with Gasteiger partial charge in [0.25, 0.3) is 5.91 Å². The van der Waals surface area contributed by atoms with Crippen molar-refractivity contribution in [3.05, 3.63) is 63.9 Å². The van der Waals surface area contributed by atoms with Gasteiger partial charge in [-0.05, 0) is 63.6 Å². The lowest BCUT2D eigenvalue weighted by atomic mass is 10.1. The number of halogens is 1. The molecule has 0 saturated heterocycles. The highest BCUT2D eigenvalue weighted by molar-refractivity contribution is 9.10. The van der Waals surface area contributed by atoms with Crippen LogP contribution in [0.3, 0.4) is 0 Å². The average molecular weight is 442 g/mol. The zero-order chi connectivity index (χ0) is 19.0. The van der Waals surface area contributed by atoms with Gasteiger partial charge in [0.2, 0.25) is 5.17 Å². The second-order valence-corrected chi connectivity index (χ2v) is 7.37. The highest BCUT2D eigenvalue weighted by atomic mass is 79.9. The molecule has 1 aromatic carbocycles. The molecule has 0 radical (unpaired) electrons. The van der Waals surface area contributed by atoms with Crippen LogP contribution >= 0.6 is 27.7 Å². The molecule has 9 heteroatoms. The first-order valence-corrected chi connectivity index (χ1v) is 9.42. The van der Waals surface area contributed by atoms with Crippen molar-refractivity contribution >= 4 is 55.7 Å². The Bertz CT molecular complexity index is 1050. The van der Waals surface area contributed by atoms with Crippen LogP contribution < -0.4 is 4.74 Å². The predicted octanol–water partition coefficient (Wildman–Crippen LogP) is 3.52. The number of ether oxygens (including phenoxy) is 1. The Balaban J connectivity index is 1.68. The van der Waals surface area contributed by atoms with Crippen molar-refractivity contribution in [2.45, 2.75) is 0 Å². The number of amides is 1. The van der Waals surface area contributed by atoms with Gasteiger partial charge < -0.3 is 4.74 Å². The van der Waals surface area contributed by atoms with Crippen molar-refractivity contribution < 1.29 is 9.53 Å². The molecule has 7 nitrogen and oxygen atoms in total. The molecular weight excluding hydrogens is 430 g/mol. The second kappa shape index (κ2) is 7.09. The molecule has 4 rings (SSSR count). The van der Waals surface area contributed by atoms with E-state index in [0.29, 0.717) is 16.0 Å². The summed E-state index contributed by atoms with van der Waals surface area (Å²) in [6.07, 6.45) is 4.98. The molecule has 27 heavy (non-hydrogen) atoms. The molecule has 2 aliphatic heterocycles. The van der Waals surface area contributed by atoms with Crippen LogP contribution in [0.25, 0.3) is 6.08 Å². The van der Waals surface area contributed by atoms with Gasteiger partial charge in [-0.1, -0.05) is 6.07 Å². The number of aliphatic imine (C=N–C) groups is 1. The summed E-state index contributed by atoms with van der Waals surface area (Å²) in [5.41, 5.74) is 1.73. The van der Waals surface area contributed by atoms with Gasteiger partial charge in [0.15, 0.2) is 5.84 Å². The molecular formula is C18H12BrN5O2S. The molecule has 1 amide bonds. The number of thioether (sulfide) groups is 1. The number of aromatic nitrogens is 1. The summed E-state index contributed by atoms with van der Waals surface area (Å²) < 4.78 is 5.97. The first-order valence-electron chi connectivity index (χ1n) is 7.81. The molecule has 2 aliphatic rings. The van der Waals surface area contributed by atoms with Crippen molar-refractivity contribution in [2.24, 2.45) is 10.1 Å². The Morgan fingerprint density at radius 2 is 2.19 bits per heavy atom. The van der Waals surface area contributed by atoms with Gasteiger partial charge in [0, 0.05) is 18.0 Å². The number of benzene rings is 1. The van der Waals surface area contributed by atoms with E-state index in [9.17, 15) is 4.79 Å². The van der Waals surface area contributed by atoms with E-state index in [-0.39, 0.29) is 11.4 Å². The standard InChI is InChI=1S/C18H12BrN5O2S/c1-26-14-5-4-10(8-13(14)19)7-12-15(20)24-18(22-16(12)25)27-17(23-24)11-3-2-6-21-9-11/h2-9,20H,1H3. The third-order valence-electron chi connectivity index (χ3n) is 3.85. The zero-order valence-electron chi connectivity index (χ0n) is 14.0. The maximum Gasteiger partial charge on any atom is 0.283 e. The van der Waals surface area contributed by atoms with E-state index in [4.69, 9.17) is 10.1 Å². The van der Waals surface area contributed by atoms with Gasteiger partial charge in [-0.25, -0.2) is 0 Å². The van der Waals surface area contributed by atoms with E-state index in [1.165, 1.54) is 16.8 Å². The van der Waals surface area contributed by atoms with Gasteiger partial charge in [0.1, 0.15) is 10.8 Å². The van der Waals surface area contributed by atoms with Crippen molar-refractivity contribution in [1.29, 1.82) is 5.41 Å². The number of hydrazone groups is 1. The van der Waals surface area contributed by atoms with E-state index in [0.717, 1.165) is 15.6 Å². The van der Waals surface area contributed by atoms with Crippen molar-refractivity contribution in [2.75, 3.05) is 7.11 Å². The summed E-state index contributed by atoms with van der Waals surface area (Å²) in [6, 6.07) is 9.08. The topological polar surface area (TPSA) is 91.0 Å². The quantitative estimate of drug-likeness (QED) is 0.735. The molecule has 2 aromatic rings. The van der Waals surface area contributed by atoms with E-state index in [2.05, 4.69) is 31.0 Å². The number of carbonyl (C=O) groups is 1. The van der Waals surface area contributed by atoms with Crippen molar-refractivity contribution in [3.63, 3.8) is 0 Å². The molecule has 0 fully saturated rings.